The summed E-state index contributed by atoms with van der Waals surface area (Å²) in [6.45, 7) is 2.95. The quantitative estimate of drug-likeness (QED) is 0.906. The van der Waals surface area contributed by atoms with Gasteiger partial charge < -0.3 is 9.84 Å². The van der Waals surface area contributed by atoms with Crippen molar-refractivity contribution in [1.82, 2.24) is 0 Å². The number of hydrogen-bond acceptors (Lipinski definition) is 2. The van der Waals surface area contributed by atoms with Crippen LogP contribution in [-0.4, -0.2) is 23.4 Å². The average Bonchev–Trinajstić information content (AvgIpc) is 2.94. The molecule has 0 aromatic heterocycles. The zero-order chi connectivity index (χ0) is 14.7. The second-order valence-electron chi connectivity index (χ2n) is 7.08. The second kappa shape index (κ2) is 6.50. The first-order valence-corrected chi connectivity index (χ1v) is 8.54. The van der Waals surface area contributed by atoms with E-state index < -0.39 is 0 Å². The van der Waals surface area contributed by atoms with Crippen LogP contribution in [0.3, 0.4) is 0 Å². The van der Waals surface area contributed by atoms with Crippen molar-refractivity contribution in [2.45, 2.75) is 70.0 Å². The van der Waals surface area contributed by atoms with Gasteiger partial charge in [0.05, 0.1) is 11.7 Å². The molecule has 2 unspecified atom stereocenters. The molecular weight excluding hydrogens is 260 g/mol. The van der Waals surface area contributed by atoms with Crippen molar-refractivity contribution >= 4 is 0 Å². The predicted octanol–water partition coefficient (Wildman–Crippen LogP) is 4.03. The van der Waals surface area contributed by atoms with Gasteiger partial charge in [-0.1, -0.05) is 42.7 Å². The van der Waals surface area contributed by atoms with Gasteiger partial charge in [-0.2, -0.15) is 0 Å². The molecule has 2 atom stereocenters. The number of aliphatic hydroxyl groups is 1. The van der Waals surface area contributed by atoms with Crippen molar-refractivity contribution < 1.29 is 9.84 Å². The van der Waals surface area contributed by atoms with E-state index in [-0.39, 0.29) is 11.7 Å². The lowest BCUT2D eigenvalue weighted by Crippen LogP contribution is -2.41. The molecule has 0 radical (unpaired) electrons. The van der Waals surface area contributed by atoms with Crippen LogP contribution >= 0.6 is 0 Å². The standard InChI is InChI=1S/C19H28O2/c1-15-4-6-16(7-5-15)8-9-18(20)17-10-13-21-19(14-17)11-2-3-12-19/h4-7,17-18,20H,2-3,8-14H2,1H3. The molecular formula is C19H28O2. The van der Waals surface area contributed by atoms with Crippen LogP contribution in [0.2, 0.25) is 0 Å². The summed E-state index contributed by atoms with van der Waals surface area (Å²) in [5.74, 6) is 0.433. The largest absolute Gasteiger partial charge is 0.393 e. The summed E-state index contributed by atoms with van der Waals surface area (Å²) in [5.41, 5.74) is 2.75. The molecule has 1 aliphatic heterocycles. The summed E-state index contributed by atoms with van der Waals surface area (Å²) < 4.78 is 6.07. The predicted molar refractivity (Wildman–Crippen MR) is 85.4 cm³/mol. The van der Waals surface area contributed by atoms with Crippen LogP contribution in [-0.2, 0) is 11.2 Å². The summed E-state index contributed by atoms with van der Waals surface area (Å²) in [6, 6.07) is 8.68. The highest BCUT2D eigenvalue weighted by molar-refractivity contribution is 5.21. The molecule has 2 aliphatic rings. The fourth-order valence-electron chi connectivity index (χ4n) is 4.07. The second-order valence-corrected chi connectivity index (χ2v) is 7.08. The Labute approximate surface area is 128 Å². The topological polar surface area (TPSA) is 29.5 Å². The molecule has 1 spiro atoms. The fraction of sp³-hybridized carbons (Fsp3) is 0.684. The zero-order valence-corrected chi connectivity index (χ0v) is 13.2. The van der Waals surface area contributed by atoms with Crippen LogP contribution in [0.1, 0.15) is 56.1 Å². The maximum atomic E-state index is 10.6. The van der Waals surface area contributed by atoms with E-state index in [1.165, 1.54) is 36.8 Å². The van der Waals surface area contributed by atoms with Crippen molar-refractivity contribution in [3.8, 4) is 0 Å². The summed E-state index contributed by atoms with van der Waals surface area (Å²) in [5, 5.41) is 10.6. The molecule has 1 aromatic rings. The lowest BCUT2D eigenvalue weighted by molar-refractivity contribution is -0.113. The molecule has 116 valence electrons. The Kier molecular flexibility index (Phi) is 4.66. The minimum Gasteiger partial charge on any atom is -0.393 e. The summed E-state index contributed by atoms with van der Waals surface area (Å²) in [7, 11) is 0. The zero-order valence-electron chi connectivity index (χ0n) is 13.2. The minimum atomic E-state index is -0.173. The van der Waals surface area contributed by atoms with Crippen LogP contribution in [0, 0.1) is 12.8 Å². The van der Waals surface area contributed by atoms with E-state index >= 15 is 0 Å². The van der Waals surface area contributed by atoms with Crippen molar-refractivity contribution in [2.24, 2.45) is 5.92 Å². The van der Waals surface area contributed by atoms with Gasteiger partial charge in [0.25, 0.3) is 0 Å². The van der Waals surface area contributed by atoms with Crippen LogP contribution in [0.5, 0.6) is 0 Å². The monoisotopic (exact) mass is 288 g/mol. The summed E-state index contributed by atoms with van der Waals surface area (Å²) in [4.78, 5) is 0. The highest BCUT2D eigenvalue weighted by atomic mass is 16.5. The molecule has 0 bridgehead atoms. The lowest BCUT2D eigenvalue weighted by Gasteiger charge is -2.40. The summed E-state index contributed by atoms with van der Waals surface area (Å²) >= 11 is 0. The van der Waals surface area contributed by atoms with Gasteiger partial charge in [0.2, 0.25) is 0 Å². The smallest absolute Gasteiger partial charge is 0.0686 e. The highest BCUT2D eigenvalue weighted by Crippen LogP contribution is 2.43. The van der Waals surface area contributed by atoms with E-state index in [1.807, 2.05) is 0 Å². The number of rotatable bonds is 4. The molecule has 1 heterocycles. The molecule has 1 saturated heterocycles. The molecule has 1 N–H and O–H groups in total. The maximum Gasteiger partial charge on any atom is 0.0686 e. The number of benzene rings is 1. The third kappa shape index (κ3) is 3.67. The third-order valence-electron chi connectivity index (χ3n) is 5.44. The van der Waals surface area contributed by atoms with Crippen molar-refractivity contribution in [1.29, 1.82) is 0 Å². The maximum absolute atomic E-state index is 10.6. The Morgan fingerprint density at radius 1 is 1.24 bits per heavy atom. The average molecular weight is 288 g/mol. The van der Waals surface area contributed by atoms with Crippen LogP contribution in [0.4, 0.5) is 0 Å². The Bertz CT molecular complexity index is 445. The van der Waals surface area contributed by atoms with E-state index in [2.05, 4.69) is 31.2 Å². The molecule has 2 nitrogen and oxygen atoms in total. The van der Waals surface area contributed by atoms with Gasteiger partial charge in [-0.25, -0.2) is 0 Å². The van der Waals surface area contributed by atoms with E-state index in [0.29, 0.717) is 5.92 Å². The van der Waals surface area contributed by atoms with Gasteiger partial charge in [0, 0.05) is 6.61 Å². The van der Waals surface area contributed by atoms with Crippen molar-refractivity contribution in [3.63, 3.8) is 0 Å². The minimum absolute atomic E-state index is 0.119. The van der Waals surface area contributed by atoms with Gasteiger partial charge in [0.1, 0.15) is 0 Å². The van der Waals surface area contributed by atoms with Crippen molar-refractivity contribution in [3.05, 3.63) is 35.4 Å². The lowest BCUT2D eigenvalue weighted by atomic mass is 9.80. The Hall–Kier alpha value is -0.860. The first kappa shape index (κ1) is 15.1. The molecule has 1 aromatic carbocycles. The number of ether oxygens (including phenoxy) is 1. The Morgan fingerprint density at radius 3 is 2.67 bits per heavy atom. The van der Waals surface area contributed by atoms with Gasteiger partial charge in [-0.05, 0) is 56.9 Å². The van der Waals surface area contributed by atoms with Gasteiger partial charge in [-0.15, -0.1) is 0 Å². The van der Waals surface area contributed by atoms with E-state index in [9.17, 15) is 5.11 Å². The first-order chi connectivity index (χ1) is 10.2. The van der Waals surface area contributed by atoms with Crippen LogP contribution in [0.25, 0.3) is 0 Å². The molecule has 2 heteroatoms. The van der Waals surface area contributed by atoms with Crippen LogP contribution < -0.4 is 0 Å². The van der Waals surface area contributed by atoms with Crippen molar-refractivity contribution in [2.75, 3.05) is 6.61 Å². The summed E-state index contributed by atoms with van der Waals surface area (Å²) in [6.07, 6.45) is 8.78. The molecule has 1 saturated carbocycles. The fourth-order valence-corrected chi connectivity index (χ4v) is 4.07. The number of aliphatic hydroxyl groups excluding tert-OH is 1. The Balaban J connectivity index is 1.52. The molecule has 2 fully saturated rings. The SMILES string of the molecule is Cc1ccc(CCC(O)C2CCOC3(CCCC3)C2)cc1. The first-order valence-electron chi connectivity index (χ1n) is 8.54. The molecule has 1 aliphatic carbocycles. The molecule has 3 rings (SSSR count). The van der Waals surface area contributed by atoms with Gasteiger partial charge in [0.15, 0.2) is 0 Å². The number of aryl methyl sites for hydroxylation is 2. The van der Waals surface area contributed by atoms with Gasteiger partial charge >= 0.3 is 0 Å². The van der Waals surface area contributed by atoms with E-state index in [4.69, 9.17) is 4.74 Å². The normalized spacial score (nSPS) is 26.1. The van der Waals surface area contributed by atoms with E-state index in [0.717, 1.165) is 32.3 Å². The molecule has 0 amide bonds. The third-order valence-corrected chi connectivity index (χ3v) is 5.44. The van der Waals surface area contributed by atoms with E-state index in [1.54, 1.807) is 0 Å². The number of hydrogen-bond donors (Lipinski definition) is 1. The Morgan fingerprint density at radius 2 is 1.95 bits per heavy atom. The van der Waals surface area contributed by atoms with Gasteiger partial charge in [-0.3, -0.25) is 0 Å². The molecule has 21 heavy (non-hydrogen) atoms. The van der Waals surface area contributed by atoms with Crippen LogP contribution in [0.15, 0.2) is 24.3 Å². The highest BCUT2D eigenvalue weighted by Gasteiger charge is 2.41.